The van der Waals surface area contributed by atoms with Gasteiger partial charge in [-0.15, -0.1) is 11.3 Å². The summed E-state index contributed by atoms with van der Waals surface area (Å²) in [5, 5.41) is 3.49. The second kappa shape index (κ2) is 7.36. The van der Waals surface area contributed by atoms with Gasteiger partial charge in [-0.2, -0.15) is 0 Å². The zero-order valence-electron chi connectivity index (χ0n) is 14.6. The lowest BCUT2D eigenvalue weighted by Crippen LogP contribution is -2.22. The normalized spacial score (nSPS) is 10.9. The molecular weight excluding hydrogens is 380 g/mol. The van der Waals surface area contributed by atoms with Crippen molar-refractivity contribution < 1.29 is 13.6 Å². The Kier molecular flexibility index (Phi) is 4.75. The Morgan fingerprint density at radius 2 is 1.61 bits per heavy atom. The summed E-state index contributed by atoms with van der Waals surface area (Å²) in [5.41, 5.74) is 8.75. The average Bonchev–Trinajstić information content (AvgIpc) is 3.04. The standard InChI is InChI=1S/C21H15F2N3OS/c22-14-5-1-12(2-6-14)11-25-20(27)19-18(24)16-9-10-17(26-21(16)28-19)13-3-7-15(23)8-4-13/h1-10H,11,24H2,(H,25,27). The van der Waals surface area contributed by atoms with Gasteiger partial charge in [0.15, 0.2) is 0 Å². The van der Waals surface area contributed by atoms with Gasteiger partial charge in [0.25, 0.3) is 5.91 Å². The number of nitrogens with zero attached hydrogens (tertiary/aromatic N) is 1. The lowest BCUT2D eigenvalue weighted by Gasteiger charge is -2.04. The van der Waals surface area contributed by atoms with E-state index in [1.807, 2.05) is 6.07 Å². The number of carbonyl (C=O) groups is 1. The number of fused-ring (bicyclic) bond motifs is 1. The SMILES string of the molecule is Nc1c(C(=O)NCc2ccc(F)cc2)sc2nc(-c3ccc(F)cc3)ccc12. The summed E-state index contributed by atoms with van der Waals surface area (Å²) in [5.74, 6) is -0.953. The maximum Gasteiger partial charge on any atom is 0.263 e. The molecule has 2 aromatic carbocycles. The first kappa shape index (κ1) is 18.1. The fraction of sp³-hybridized carbons (Fsp3) is 0.0476. The van der Waals surface area contributed by atoms with Crippen molar-refractivity contribution in [3.8, 4) is 11.3 Å². The molecular formula is C21H15F2N3OS. The van der Waals surface area contributed by atoms with Crippen LogP contribution in [0.25, 0.3) is 21.5 Å². The monoisotopic (exact) mass is 395 g/mol. The molecule has 0 atom stereocenters. The van der Waals surface area contributed by atoms with Crippen LogP contribution in [0.4, 0.5) is 14.5 Å². The molecule has 0 saturated heterocycles. The number of carbonyl (C=O) groups excluding carboxylic acids is 1. The molecule has 7 heteroatoms. The molecule has 28 heavy (non-hydrogen) atoms. The van der Waals surface area contributed by atoms with E-state index < -0.39 is 0 Å². The van der Waals surface area contributed by atoms with Crippen LogP contribution >= 0.6 is 11.3 Å². The molecule has 140 valence electrons. The van der Waals surface area contributed by atoms with Gasteiger partial charge < -0.3 is 11.1 Å². The van der Waals surface area contributed by atoms with E-state index in [-0.39, 0.29) is 24.1 Å². The van der Waals surface area contributed by atoms with Crippen LogP contribution in [-0.2, 0) is 6.54 Å². The minimum absolute atomic E-state index is 0.265. The zero-order chi connectivity index (χ0) is 19.7. The molecule has 0 aliphatic carbocycles. The molecule has 4 rings (SSSR count). The van der Waals surface area contributed by atoms with E-state index in [1.165, 1.54) is 35.6 Å². The quantitative estimate of drug-likeness (QED) is 0.524. The molecule has 4 aromatic rings. The van der Waals surface area contributed by atoms with Crippen molar-refractivity contribution in [1.82, 2.24) is 10.3 Å². The van der Waals surface area contributed by atoms with Crippen molar-refractivity contribution in [2.45, 2.75) is 6.54 Å². The van der Waals surface area contributed by atoms with Gasteiger partial charge in [0.1, 0.15) is 21.3 Å². The number of benzene rings is 2. The number of nitrogen functional groups attached to an aromatic ring is 1. The third kappa shape index (κ3) is 3.57. The van der Waals surface area contributed by atoms with Crippen LogP contribution in [0.2, 0.25) is 0 Å². The van der Waals surface area contributed by atoms with Gasteiger partial charge in [0.2, 0.25) is 0 Å². The number of anilines is 1. The maximum absolute atomic E-state index is 13.1. The van der Waals surface area contributed by atoms with Crippen molar-refractivity contribution in [2.75, 3.05) is 5.73 Å². The molecule has 1 amide bonds. The van der Waals surface area contributed by atoms with E-state index >= 15 is 0 Å². The van der Waals surface area contributed by atoms with Gasteiger partial charge in [-0.1, -0.05) is 12.1 Å². The Morgan fingerprint density at radius 3 is 2.29 bits per heavy atom. The van der Waals surface area contributed by atoms with Crippen molar-refractivity contribution in [2.24, 2.45) is 0 Å². The van der Waals surface area contributed by atoms with Crippen molar-refractivity contribution in [1.29, 1.82) is 0 Å². The Bertz CT molecular complexity index is 1150. The summed E-state index contributed by atoms with van der Waals surface area (Å²) in [6.07, 6.45) is 0. The van der Waals surface area contributed by atoms with Crippen LogP contribution < -0.4 is 11.1 Å². The fourth-order valence-electron chi connectivity index (χ4n) is 2.81. The minimum Gasteiger partial charge on any atom is -0.397 e. The lowest BCUT2D eigenvalue weighted by atomic mass is 10.1. The number of amides is 1. The molecule has 0 spiro atoms. The number of thiophene rings is 1. The Labute approximate surface area is 163 Å². The maximum atomic E-state index is 13.1. The smallest absolute Gasteiger partial charge is 0.263 e. The molecule has 0 radical (unpaired) electrons. The van der Waals surface area contributed by atoms with Crippen molar-refractivity contribution in [3.63, 3.8) is 0 Å². The second-order valence-electron chi connectivity index (χ2n) is 6.21. The number of pyridine rings is 1. The number of aromatic nitrogens is 1. The predicted octanol–water partition coefficient (Wildman–Crippen LogP) is 4.75. The van der Waals surface area contributed by atoms with E-state index in [4.69, 9.17) is 5.73 Å². The number of nitrogens with two attached hydrogens (primary N) is 1. The molecule has 0 fully saturated rings. The third-order valence-corrected chi connectivity index (χ3v) is 5.42. The largest absolute Gasteiger partial charge is 0.397 e. The molecule has 0 saturated carbocycles. The molecule has 0 aliphatic rings. The summed E-state index contributed by atoms with van der Waals surface area (Å²) >= 11 is 1.20. The number of hydrogen-bond donors (Lipinski definition) is 2. The topological polar surface area (TPSA) is 68.0 Å². The highest BCUT2D eigenvalue weighted by Gasteiger charge is 2.17. The summed E-state index contributed by atoms with van der Waals surface area (Å²) in [6, 6.07) is 15.6. The van der Waals surface area contributed by atoms with Gasteiger partial charge in [0.05, 0.1) is 11.4 Å². The van der Waals surface area contributed by atoms with Gasteiger partial charge in [-0.3, -0.25) is 4.79 Å². The average molecular weight is 395 g/mol. The van der Waals surface area contributed by atoms with E-state index in [1.54, 1.807) is 30.3 Å². The lowest BCUT2D eigenvalue weighted by molar-refractivity contribution is 0.0956. The summed E-state index contributed by atoms with van der Waals surface area (Å²) in [6.45, 7) is 0.265. The van der Waals surface area contributed by atoms with Crippen LogP contribution in [-0.4, -0.2) is 10.9 Å². The number of hydrogen-bond acceptors (Lipinski definition) is 4. The van der Waals surface area contributed by atoms with E-state index in [0.29, 0.717) is 26.5 Å². The van der Waals surface area contributed by atoms with Crippen LogP contribution in [0, 0.1) is 11.6 Å². The summed E-state index contributed by atoms with van der Waals surface area (Å²) in [4.78, 5) is 18.1. The van der Waals surface area contributed by atoms with Crippen LogP contribution in [0.1, 0.15) is 15.2 Å². The van der Waals surface area contributed by atoms with Crippen LogP contribution in [0.15, 0.2) is 60.7 Å². The van der Waals surface area contributed by atoms with E-state index in [9.17, 15) is 13.6 Å². The molecule has 3 N–H and O–H groups in total. The van der Waals surface area contributed by atoms with E-state index in [0.717, 1.165) is 11.1 Å². The summed E-state index contributed by atoms with van der Waals surface area (Å²) < 4.78 is 26.1. The number of halogens is 2. The highest BCUT2D eigenvalue weighted by atomic mass is 32.1. The molecule has 4 nitrogen and oxygen atoms in total. The Balaban J connectivity index is 1.58. The molecule has 0 aliphatic heterocycles. The second-order valence-corrected chi connectivity index (χ2v) is 7.21. The summed E-state index contributed by atoms with van der Waals surface area (Å²) in [7, 11) is 0. The number of rotatable bonds is 4. The first-order chi connectivity index (χ1) is 13.5. The molecule has 0 unspecified atom stereocenters. The van der Waals surface area contributed by atoms with Gasteiger partial charge in [-0.25, -0.2) is 13.8 Å². The predicted molar refractivity (Wildman–Crippen MR) is 107 cm³/mol. The van der Waals surface area contributed by atoms with Crippen molar-refractivity contribution >= 4 is 33.1 Å². The molecule has 2 aromatic heterocycles. The van der Waals surface area contributed by atoms with Gasteiger partial charge in [-0.05, 0) is 54.1 Å². The zero-order valence-corrected chi connectivity index (χ0v) is 15.4. The first-order valence-corrected chi connectivity index (χ1v) is 9.30. The Hall–Kier alpha value is -3.32. The fourth-order valence-corrected chi connectivity index (χ4v) is 3.82. The van der Waals surface area contributed by atoms with Gasteiger partial charge >= 0.3 is 0 Å². The highest BCUT2D eigenvalue weighted by Crippen LogP contribution is 2.34. The molecule has 0 bridgehead atoms. The molecule has 2 heterocycles. The third-order valence-electron chi connectivity index (χ3n) is 4.31. The number of nitrogens with one attached hydrogen (secondary N) is 1. The highest BCUT2D eigenvalue weighted by molar-refractivity contribution is 7.21. The van der Waals surface area contributed by atoms with Crippen LogP contribution in [0.3, 0.4) is 0 Å². The van der Waals surface area contributed by atoms with Crippen molar-refractivity contribution in [3.05, 3.63) is 82.7 Å². The minimum atomic E-state index is -0.327. The van der Waals surface area contributed by atoms with Crippen LogP contribution in [0.5, 0.6) is 0 Å². The van der Waals surface area contributed by atoms with E-state index in [2.05, 4.69) is 10.3 Å². The Morgan fingerprint density at radius 1 is 0.964 bits per heavy atom. The van der Waals surface area contributed by atoms with Gasteiger partial charge in [0, 0.05) is 17.5 Å². The first-order valence-electron chi connectivity index (χ1n) is 8.49.